The van der Waals surface area contributed by atoms with E-state index in [1.807, 2.05) is 30.3 Å². The van der Waals surface area contributed by atoms with Crippen molar-refractivity contribution in [3.63, 3.8) is 0 Å². The second-order valence-electron chi connectivity index (χ2n) is 5.63. The molecule has 26 heavy (non-hydrogen) atoms. The highest BCUT2D eigenvalue weighted by atomic mass is 35.5. The van der Waals surface area contributed by atoms with Gasteiger partial charge >= 0.3 is 0 Å². The first-order chi connectivity index (χ1) is 12.6. The van der Waals surface area contributed by atoms with Crippen LogP contribution in [0.4, 0.5) is 4.39 Å². The highest BCUT2D eigenvalue weighted by molar-refractivity contribution is 6.30. The molecule has 3 rings (SSSR count). The molecule has 0 aliphatic heterocycles. The van der Waals surface area contributed by atoms with Gasteiger partial charge in [0.1, 0.15) is 18.2 Å². The van der Waals surface area contributed by atoms with Crippen LogP contribution in [0.3, 0.4) is 0 Å². The minimum absolute atomic E-state index is 0.277. The average Bonchev–Trinajstić information content (AvgIpc) is 2.67. The van der Waals surface area contributed by atoms with Crippen LogP contribution in [-0.4, -0.2) is 14.2 Å². The van der Waals surface area contributed by atoms with Gasteiger partial charge in [-0.2, -0.15) is 0 Å². The van der Waals surface area contributed by atoms with Gasteiger partial charge in [-0.1, -0.05) is 35.9 Å². The Bertz CT molecular complexity index is 877. The van der Waals surface area contributed by atoms with Gasteiger partial charge < -0.3 is 14.2 Å². The Balaban J connectivity index is 1.94. The zero-order chi connectivity index (χ0) is 18.5. The van der Waals surface area contributed by atoms with Crippen molar-refractivity contribution in [2.45, 2.75) is 6.61 Å². The summed E-state index contributed by atoms with van der Waals surface area (Å²) in [5, 5.41) is 0.661. The summed E-state index contributed by atoms with van der Waals surface area (Å²) in [6.07, 6.45) is 0. The topological polar surface area (TPSA) is 27.7 Å². The first-order valence-corrected chi connectivity index (χ1v) is 8.37. The van der Waals surface area contributed by atoms with Gasteiger partial charge in [-0.25, -0.2) is 4.39 Å². The van der Waals surface area contributed by atoms with E-state index in [2.05, 4.69) is 0 Å². The van der Waals surface area contributed by atoms with E-state index in [-0.39, 0.29) is 5.82 Å². The third-order valence-electron chi connectivity index (χ3n) is 3.95. The molecule has 0 aromatic heterocycles. The number of methoxy groups -OCH3 is 2. The fourth-order valence-corrected chi connectivity index (χ4v) is 2.71. The lowest BCUT2D eigenvalue weighted by molar-refractivity contribution is 0.283. The van der Waals surface area contributed by atoms with Crippen molar-refractivity contribution in [1.29, 1.82) is 0 Å². The van der Waals surface area contributed by atoms with Crippen molar-refractivity contribution in [2.24, 2.45) is 0 Å². The fourth-order valence-electron chi connectivity index (χ4n) is 2.58. The standard InChI is InChI=1S/C21H18ClFO3/c1-24-19-12-20(25-2)21(26-13-14-3-9-17(23)10-4-14)11-18(19)15-5-7-16(22)8-6-15/h3-12H,13H2,1-2H3. The van der Waals surface area contributed by atoms with Gasteiger partial charge in [-0.15, -0.1) is 0 Å². The molecule has 0 atom stereocenters. The summed E-state index contributed by atoms with van der Waals surface area (Å²) < 4.78 is 29.9. The van der Waals surface area contributed by atoms with Crippen LogP contribution in [0.15, 0.2) is 60.7 Å². The highest BCUT2D eigenvalue weighted by Gasteiger charge is 2.14. The molecule has 0 amide bonds. The number of hydrogen-bond acceptors (Lipinski definition) is 3. The van der Waals surface area contributed by atoms with Crippen molar-refractivity contribution in [3.8, 4) is 28.4 Å². The maximum atomic E-state index is 13.0. The third-order valence-corrected chi connectivity index (χ3v) is 4.20. The van der Waals surface area contributed by atoms with E-state index in [0.29, 0.717) is 28.9 Å². The Morgan fingerprint density at radius 3 is 2.08 bits per heavy atom. The molecule has 0 saturated heterocycles. The smallest absolute Gasteiger partial charge is 0.164 e. The zero-order valence-electron chi connectivity index (χ0n) is 14.5. The van der Waals surface area contributed by atoms with Crippen molar-refractivity contribution >= 4 is 11.6 Å². The molecule has 3 aromatic rings. The third kappa shape index (κ3) is 4.09. The van der Waals surface area contributed by atoms with Crippen LogP contribution in [0.2, 0.25) is 5.02 Å². The average molecular weight is 373 g/mol. The lowest BCUT2D eigenvalue weighted by Gasteiger charge is -2.16. The van der Waals surface area contributed by atoms with E-state index >= 15 is 0 Å². The van der Waals surface area contributed by atoms with Crippen LogP contribution in [0.5, 0.6) is 17.2 Å². The van der Waals surface area contributed by atoms with Crippen LogP contribution < -0.4 is 14.2 Å². The van der Waals surface area contributed by atoms with E-state index in [9.17, 15) is 4.39 Å². The molecule has 0 spiro atoms. The summed E-state index contributed by atoms with van der Waals surface area (Å²) >= 11 is 5.98. The molecule has 0 heterocycles. The number of benzene rings is 3. The summed E-state index contributed by atoms with van der Waals surface area (Å²) in [5.74, 6) is 1.52. The molecule has 0 aliphatic rings. The Hall–Kier alpha value is -2.72. The van der Waals surface area contributed by atoms with Gasteiger partial charge in [0.2, 0.25) is 0 Å². The first kappa shape index (κ1) is 18.1. The molecular formula is C21H18ClFO3. The number of ether oxygens (including phenoxy) is 3. The Morgan fingerprint density at radius 2 is 1.46 bits per heavy atom. The molecule has 0 fully saturated rings. The lowest BCUT2D eigenvalue weighted by Crippen LogP contribution is -1.99. The molecule has 3 nitrogen and oxygen atoms in total. The van der Waals surface area contributed by atoms with E-state index in [1.165, 1.54) is 12.1 Å². The van der Waals surface area contributed by atoms with E-state index in [4.69, 9.17) is 25.8 Å². The van der Waals surface area contributed by atoms with Crippen molar-refractivity contribution in [1.82, 2.24) is 0 Å². The predicted octanol–water partition coefficient (Wildman–Crippen LogP) is 5.74. The minimum Gasteiger partial charge on any atom is -0.496 e. The Morgan fingerprint density at radius 1 is 0.808 bits per heavy atom. The zero-order valence-corrected chi connectivity index (χ0v) is 15.2. The molecule has 0 bridgehead atoms. The van der Waals surface area contributed by atoms with Crippen LogP contribution in [0, 0.1) is 5.82 Å². The van der Waals surface area contributed by atoms with Crippen LogP contribution in [-0.2, 0) is 6.61 Å². The predicted molar refractivity (Wildman–Crippen MR) is 101 cm³/mol. The van der Waals surface area contributed by atoms with Gasteiger partial charge in [0.25, 0.3) is 0 Å². The second kappa shape index (κ2) is 8.11. The fraction of sp³-hybridized carbons (Fsp3) is 0.143. The molecule has 5 heteroatoms. The largest absolute Gasteiger partial charge is 0.496 e. The maximum absolute atomic E-state index is 13.0. The summed E-state index contributed by atoms with van der Waals surface area (Å²) in [5.41, 5.74) is 2.66. The van der Waals surface area contributed by atoms with Crippen molar-refractivity contribution in [2.75, 3.05) is 14.2 Å². The number of hydrogen-bond donors (Lipinski definition) is 0. The monoisotopic (exact) mass is 372 g/mol. The summed E-state index contributed by atoms with van der Waals surface area (Å²) in [4.78, 5) is 0. The van der Waals surface area contributed by atoms with Gasteiger partial charge in [-0.05, 0) is 41.5 Å². The Kier molecular flexibility index (Phi) is 5.64. The van der Waals surface area contributed by atoms with Crippen LogP contribution in [0.1, 0.15) is 5.56 Å². The number of halogens is 2. The second-order valence-corrected chi connectivity index (χ2v) is 6.06. The van der Waals surface area contributed by atoms with Gasteiger partial charge in [0.15, 0.2) is 11.5 Å². The quantitative estimate of drug-likeness (QED) is 0.552. The summed E-state index contributed by atoms with van der Waals surface area (Å²) in [6.45, 7) is 0.295. The maximum Gasteiger partial charge on any atom is 0.164 e. The molecule has 0 aliphatic carbocycles. The normalized spacial score (nSPS) is 10.5. The molecule has 0 saturated carbocycles. The first-order valence-electron chi connectivity index (χ1n) is 8.00. The van der Waals surface area contributed by atoms with Gasteiger partial charge in [0.05, 0.1) is 14.2 Å². The summed E-state index contributed by atoms with van der Waals surface area (Å²) in [7, 11) is 3.18. The molecule has 0 unspecified atom stereocenters. The van der Waals surface area contributed by atoms with Gasteiger partial charge in [-0.3, -0.25) is 0 Å². The van der Waals surface area contributed by atoms with Crippen molar-refractivity contribution in [3.05, 3.63) is 77.1 Å². The molecule has 3 aromatic carbocycles. The van der Waals surface area contributed by atoms with E-state index < -0.39 is 0 Å². The molecule has 134 valence electrons. The summed E-state index contributed by atoms with van der Waals surface area (Å²) in [6, 6.07) is 17.3. The lowest BCUT2D eigenvalue weighted by atomic mass is 10.0. The van der Waals surface area contributed by atoms with Crippen LogP contribution in [0.25, 0.3) is 11.1 Å². The van der Waals surface area contributed by atoms with E-state index in [1.54, 1.807) is 32.4 Å². The molecule has 0 N–H and O–H groups in total. The van der Waals surface area contributed by atoms with Crippen LogP contribution >= 0.6 is 11.6 Å². The minimum atomic E-state index is -0.277. The van der Waals surface area contributed by atoms with Gasteiger partial charge in [0, 0.05) is 16.7 Å². The number of rotatable bonds is 6. The molecular weight excluding hydrogens is 355 g/mol. The highest BCUT2D eigenvalue weighted by Crippen LogP contribution is 2.40. The van der Waals surface area contributed by atoms with Crippen molar-refractivity contribution < 1.29 is 18.6 Å². The molecule has 0 radical (unpaired) electrons. The van der Waals surface area contributed by atoms with E-state index in [0.717, 1.165) is 16.7 Å². The SMILES string of the molecule is COc1cc(OC)c(-c2ccc(Cl)cc2)cc1OCc1ccc(F)cc1. The Labute approximate surface area is 156 Å².